The molecule has 78 valence electrons. The highest BCUT2D eigenvalue weighted by atomic mass is 19.1. The Bertz CT molecular complexity index is 436. The van der Waals surface area contributed by atoms with Crippen LogP contribution in [0.1, 0.15) is 5.69 Å². The molecule has 0 unspecified atom stereocenters. The molecule has 2 rings (SSSR count). The number of aromatic nitrogens is 2. The lowest BCUT2D eigenvalue weighted by Crippen LogP contribution is -1.97. The van der Waals surface area contributed by atoms with Crippen LogP contribution in [0.5, 0.6) is 5.75 Å². The van der Waals surface area contributed by atoms with E-state index in [0.29, 0.717) is 12.4 Å². The van der Waals surface area contributed by atoms with Gasteiger partial charge in [0.25, 0.3) is 0 Å². The summed E-state index contributed by atoms with van der Waals surface area (Å²) in [5, 5.41) is 4.16. The predicted octanol–water partition coefficient (Wildman–Crippen LogP) is 2.14. The molecule has 0 N–H and O–H groups in total. The predicted molar refractivity (Wildman–Crippen MR) is 53.9 cm³/mol. The molecule has 0 aliphatic carbocycles. The first-order valence-corrected chi connectivity index (χ1v) is 4.61. The van der Waals surface area contributed by atoms with E-state index < -0.39 is 0 Å². The summed E-state index contributed by atoms with van der Waals surface area (Å²) < 4.78 is 19.7. The minimum atomic E-state index is -0.264. The van der Waals surface area contributed by atoms with Gasteiger partial charge in [-0.1, -0.05) is 0 Å². The summed E-state index contributed by atoms with van der Waals surface area (Å²) in [5.41, 5.74) is 0.849. The fourth-order valence-electron chi connectivity index (χ4n) is 1.23. The fourth-order valence-corrected chi connectivity index (χ4v) is 1.23. The van der Waals surface area contributed by atoms with Crippen molar-refractivity contribution < 1.29 is 9.13 Å². The average Bonchev–Trinajstić information content (AvgIpc) is 2.64. The third-order valence-corrected chi connectivity index (χ3v) is 1.97. The van der Waals surface area contributed by atoms with Crippen LogP contribution in [0.25, 0.3) is 0 Å². The molecule has 0 bridgehead atoms. The van der Waals surface area contributed by atoms with Crippen LogP contribution in [-0.4, -0.2) is 9.78 Å². The summed E-state index contributed by atoms with van der Waals surface area (Å²) in [4.78, 5) is 0. The van der Waals surface area contributed by atoms with Crippen LogP contribution in [-0.2, 0) is 13.7 Å². The van der Waals surface area contributed by atoms with E-state index in [9.17, 15) is 4.39 Å². The molecule has 0 aliphatic rings. The third-order valence-electron chi connectivity index (χ3n) is 1.97. The molecule has 0 aliphatic heterocycles. The lowest BCUT2D eigenvalue weighted by Gasteiger charge is -2.03. The van der Waals surface area contributed by atoms with Crippen LogP contribution < -0.4 is 4.74 Å². The second-order valence-corrected chi connectivity index (χ2v) is 3.22. The van der Waals surface area contributed by atoms with Crippen LogP contribution >= 0.6 is 0 Å². The van der Waals surface area contributed by atoms with E-state index in [1.54, 1.807) is 16.8 Å². The molecule has 1 heterocycles. The molecule has 0 saturated carbocycles. The summed E-state index contributed by atoms with van der Waals surface area (Å²) in [7, 11) is 1.85. The highest BCUT2D eigenvalue weighted by Crippen LogP contribution is 2.12. The van der Waals surface area contributed by atoms with Gasteiger partial charge in [-0.05, 0) is 30.3 Å². The highest BCUT2D eigenvalue weighted by molar-refractivity contribution is 5.22. The highest BCUT2D eigenvalue weighted by Gasteiger charge is 1.98. The SMILES string of the molecule is Cn1ccc(COc2ccc(F)cc2)n1. The Balaban J connectivity index is 1.96. The Morgan fingerprint density at radius 1 is 1.27 bits per heavy atom. The van der Waals surface area contributed by atoms with E-state index in [2.05, 4.69) is 5.10 Å². The van der Waals surface area contributed by atoms with E-state index in [4.69, 9.17) is 4.74 Å². The van der Waals surface area contributed by atoms with Gasteiger partial charge in [0.05, 0.1) is 5.69 Å². The zero-order chi connectivity index (χ0) is 10.7. The molecule has 2 aromatic rings. The molecule has 0 spiro atoms. The smallest absolute Gasteiger partial charge is 0.132 e. The lowest BCUT2D eigenvalue weighted by atomic mass is 10.3. The second kappa shape index (κ2) is 4.13. The first kappa shape index (κ1) is 9.71. The van der Waals surface area contributed by atoms with Crippen molar-refractivity contribution in [1.29, 1.82) is 0 Å². The van der Waals surface area contributed by atoms with Gasteiger partial charge in [0.15, 0.2) is 0 Å². The Labute approximate surface area is 87.1 Å². The molecule has 1 aromatic carbocycles. The lowest BCUT2D eigenvalue weighted by molar-refractivity contribution is 0.299. The molecule has 0 fully saturated rings. The molecule has 0 saturated heterocycles. The molecule has 1 aromatic heterocycles. The van der Waals surface area contributed by atoms with Crippen LogP contribution in [0.3, 0.4) is 0 Å². The fraction of sp³-hybridized carbons (Fsp3) is 0.182. The zero-order valence-corrected chi connectivity index (χ0v) is 8.35. The average molecular weight is 206 g/mol. The maximum absolute atomic E-state index is 12.6. The number of rotatable bonds is 3. The third kappa shape index (κ3) is 2.56. The number of nitrogens with zero attached hydrogens (tertiary/aromatic N) is 2. The van der Waals surface area contributed by atoms with Gasteiger partial charge in [-0.15, -0.1) is 0 Å². The molecule has 0 amide bonds. The van der Waals surface area contributed by atoms with Gasteiger partial charge >= 0.3 is 0 Å². The van der Waals surface area contributed by atoms with Crippen molar-refractivity contribution in [2.45, 2.75) is 6.61 Å². The minimum absolute atomic E-state index is 0.264. The summed E-state index contributed by atoms with van der Waals surface area (Å²) >= 11 is 0. The van der Waals surface area contributed by atoms with Gasteiger partial charge in [-0.2, -0.15) is 5.10 Å². The van der Waals surface area contributed by atoms with Crippen molar-refractivity contribution in [3.63, 3.8) is 0 Å². The van der Waals surface area contributed by atoms with E-state index in [0.717, 1.165) is 5.69 Å². The summed E-state index contributed by atoms with van der Waals surface area (Å²) in [6, 6.07) is 7.81. The van der Waals surface area contributed by atoms with Gasteiger partial charge in [0.1, 0.15) is 18.2 Å². The molecule has 0 atom stereocenters. The summed E-state index contributed by atoms with van der Waals surface area (Å²) in [5.74, 6) is 0.377. The van der Waals surface area contributed by atoms with Gasteiger partial charge < -0.3 is 4.74 Å². The van der Waals surface area contributed by atoms with Crippen LogP contribution in [0.4, 0.5) is 4.39 Å². The normalized spacial score (nSPS) is 10.3. The molecule has 4 heteroatoms. The number of ether oxygens (including phenoxy) is 1. The largest absolute Gasteiger partial charge is 0.487 e. The Hall–Kier alpha value is -1.84. The zero-order valence-electron chi connectivity index (χ0n) is 8.35. The summed E-state index contributed by atoms with van der Waals surface area (Å²) in [6.45, 7) is 0.395. The molecule has 0 radical (unpaired) electrons. The van der Waals surface area contributed by atoms with Gasteiger partial charge in [-0.3, -0.25) is 4.68 Å². The molecule has 15 heavy (non-hydrogen) atoms. The van der Waals surface area contributed by atoms with E-state index in [1.807, 2.05) is 19.3 Å². The first-order valence-electron chi connectivity index (χ1n) is 4.61. The first-order chi connectivity index (χ1) is 7.24. The molecular formula is C11H11FN2O. The van der Waals surface area contributed by atoms with Crippen molar-refractivity contribution in [1.82, 2.24) is 9.78 Å². The number of benzene rings is 1. The number of hydrogen-bond acceptors (Lipinski definition) is 2. The van der Waals surface area contributed by atoms with Crippen molar-refractivity contribution in [2.75, 3.05) is 0 Å². The number of aryl methyl sites for hydroxylation is 1. The maximum atomic E-state index is 12.6. The van der Waals surface area contributed by atoms with Crippen molar-refractivity contribution in [2.24, 2.45) is 7.05 Å². The van der Waals surface area contributed by atoms with Crippen LogP contribution in [0, 0.1) is 5.82 Å². The van der Waals surface area contributed by atoms with E-state index in [-0.39, 0.29) is 5.82 Å². The van der Waals surface area contributed by atoms with Gasteiger partial charge in [0, 0.05) is 13.2 Å². The Morgan fingerprint density at radius 2 is 2.00 bits per heavy atom. The maximum Gasteiger partial charge on any atom is 0.132 e. The monoisotopic (exact) mass is 206 g/mol. The Kier molecular flexibility index (Phi) is 2.67. The van der Waals surface area contributed by atoms with Crippen LogP contribution in [0.15, 0.2) is 36.5 Å². The van der Waals surface area contributed by atoms with Crippen LogP contribution in [0.2, 0.25) is 0 Å². The van der Waals surface area contributed by atoms with Crippen molar-refractivity contribution in [3.8, 4) is 5.75 Å². The number of hydrogen-bond donors (Lipinski definition) is 0. The van der Waals surface area contributed by atoms with Gasteiger partial charge in [0.2, 0.25) is 0 Å². The standard InChI is InChI=1S/C11H11FN2O/c1-14-7-6-10(13-14)8-15-11-4-2-9(12)3-5-11/h2-7H,8H2,1H3. The minimum Gasteiger partial charge on any atom is -0.487 e. The molecular weight excluding hydrogens is 195 g/mol. The van der Waals surface area contributed by atoms with Crippen molar-refractivity contribution in [3.05, 3.63) is 48.0 Å². The topological polar surface area (TPSA) is 27.1 Å². The van der Waals surface area contributed by atoms with Gasteiger partial charge in [-0.25, -0.2) is 4.39 Å². The van der Waals surface area contributed by atoms with Crippen molar-refractivity contribution >= 4 is 0 Å². The van der Waals surface area contributed by atoms with E-state index >= 15 is 0 Å². The second-order valence-electron chi connectivity index (χ2n) is 3.22. The summed E-state index contributed by atoms with van der Waals surface area (Å²) in [6.07, 6.45) is 1.85. The number of halogens is 1. The Morgan fingerprint density at radius 3 is 2.60 bits per heavy atom. The molecule has 3 nitrogen and oxygen atoms in total. The van der Waals surface area contributed by atoms with E-state index in [1.165, 1.54) is 12.1 Å². The quantitative estimate of drug-likeness (QED) is 0.769.